The van der Waals surface area contributed by atoms with E-state index in [-0.39, 0.29) is 12.4 Å². The molecule has 0 atom stereocenters. The number of carbonyl (C=O) groups is 1. The van der Waals surface area contributed by atoms with Crippen molar-refractivity contribution in [3.63, 3.8) is 0 Å². The molecule has 0 amide bonds. The molecule has 1 aromatic heterocycles. The Balaban J connectivity index is 1.78. The number of carbonyl (C=O) groups excluding carboxylic acids is 1. The predicted octanol–water partition coefficient (Wildman–Crippen LogP) is 3.88. The third-order valence-electron chi connectivity index (χ3n) is 3.52. The number of nitrogens with zero attached hydrogens (tertiary/aromatic N) is 1. The number of pyridine rings is 1. The van der Waals surface area contributed by atoms with Gasteiger partial charge in [-0.15, -0.1) is 0 Å². The first-order valence-corrected chi connectivity index (χ1v) is 8.28. The maximum absolute atomic E-state index is 11.2. The molecule has 122 valence electrons. The Morgan fingerprint density at radius 1 is 1.26 bits per heavy atom. The number of hydrogen-bond acceptors (Lipinski definition) is 4. The second-order valence-corrected chi connectivity index (χ2v) is 6.08. The van der Waals surface area contributed by atoms with E-state index in [1.165, 1.54) is 7.11 Å². The first-order chi connectivity index (χ1) is 11.1. The summed E-state index contributed by atoms with van der Waals surface area (Å²) in [4.78, 5) is 15.5. The predicted molar refractivity (Wildman–Crippen MR) is 92.7 cm³/mol. The fourth-order valence-corrected chi connectivity index (χ4v) is 2.48. The highest BCUT2D eigenvalue weighted by molar-refractivity contribution is 9.10. The molecular weight excluding hydrogens is 358 g/mol. The van der Waals surface area contributed by atoms with E-state index in [0.717, 1.165) is 39.9 Å². The minimum absolute atomic E-state index is 0.210. The molecule has 0 saturated carbocycles. The van der Waals surface area contributed by atoms with E-state index in [9.17, 15) is 4.79 Å². The number of halogens is 1. The number of methoxy groups -OCH3 is 1. The van der Waals surface area contributed by atoms with Gasteiger partial charge in [-0.1, -0.05) is 28.1 Å². The van der Waals surface area contributed by atoms with Gasteiger partial charge in [-0.3, -0.25) is 9.78 Å². The molecule has 1 heterocycles. The average Bonchev–Trinajstić information content (AvgIpc) is 2.56. The molecule has 5 heteroatoms. The monoisotopic (exact) mass is 377 g/mol. The summed E-state index contributed by atoms with van der Waals surface area (Å²) in [7, 11) is 1.38. The third kappa shape index (κ3) is 5.36. The van der Waals surface area contributed by atoms with Crippen molar-refractivity contribution in [3.05, 3.63) is 57.8 Å². The van der Waals surface area contributed by atoms with Crippen molar-refractivity contribution >= 4 is 21.9 Å². The van der Waals surface area contributed by atoms with E-state index in [2.05, 4.69) is 25.7 Å². The topological polar surface area (TPSA) is 48.4 Å². The minimum atomic E-state index is -0.275. The van der Waals surface area contributed by atoms with Gasteiger partial charge in [0.15, 0.2) is 0 Å². The molecule has 4 nitrogen and oxygen atoms in total. The Kier molecular flexibility index (Phi) is 6.59. The van der Waals surface area contributed by atoms with Gasteiger partial charge in [-0.25, -0.2) is 0 Å². The van der Waals surface area contributed by atoms with Crippen LogP contribution in [0.15, 0.2) is 41.0 Å². The zero-order valence-electron chi connectivity index (χ0n) is 13.3. The summed E-state index contributed by atoms with van der Waals surface area (Å²) < 4.78 is 11.5. The van der Waals surface area contributed by atoms with Gasteiger partial charge in [-0.05, 0) is 43.5 Å². The fraction of sp³-hybridized carbons (Fsp3) is 0.333. The van der Waals surface area contributed by atoms with E-state index in [1.807, 2.05) is 43.5 Å². The van der Waals surface area contributed by atoms with E-state index >= 15 is 0 Å². The standard InChI is InChI=1S/C18H20BrNO3/c1-13-16(19)6-3-7-17(13)23-10-4-5-14-8-9-15(20-12-14)11-18(21)22-2/h3,6-9,12H,4-5,10-11H2,1-2H3. The summed E-state index contributed by atoms with van der Waals surface area (Å²) in [5, 5.41) is 0. The quantitative estimate of drug-likeness (QED) is 0.542. The van der Waals surface area contributed by atoms with Gasteiger partial charge < -0.3 is 9.47 Å². The molecule has 0 N–H and O–H groups in total. The molecule has 2 aromatic rings. The fourth-order valence-electron chi connectivity index (χ4n) is 2.13. The molecule has 0 saturated heterocycles. The smallest absolute Gasteiger partial charge is 0.311 e. The number of esters is 1. The number of ether oxygens (including phenoxy) is 2. The minimum Gasteiger partial charge on any atom is -0.493 e. The molecule has 1 aromatic carbocycles. The summed E-state index contributed by atoms with van der Waals surface area (Å²) in [6.07, 6.45) is 3.81. The molecule has 0 unspecified atom stereocenters. The summed E-state index contributed by atoms with van der Waals surface area (Å²) in [6, 6.07) is 9.81. The van der Waals surface area contributed by atoms with Gasteiger partial charge in [0.05, 0.1) is 25.8 Å². The van der Waals surface area contributed by atoms with Crippen LogP contribution in [0.3, 0.4) is 0 Å². The zero-order valence-corrected chi connectivity index (χ0v) is 14.9. The molecule has 2 rings (SSSR count). The lowest BCUT2D eigenvalue weighted by Crippen LogP contribution is -2.06. The van der Waals surface area contributed by atoms with Crippen LogP contribution in [-0.2, 0) is 22.4 Å². The summed E-state index contributed by atoms with van der Waals surface area (Å²) >= 11 is 3.50. The number of aromatic nitrogens is 1. The van der Waals surface area contributed by atoms with Crippen LogP contribution in [0.5, 0.6) is 5.75 Å². The van der Waals surface area contributed by atoms with Crippen LogP contribution < -0.4 is 4.74 Å². The first kappa shape index (κ1) is 17.5. The maximum atomic E-state index is 11.2. The lowest BCUT2D eigenvalue weighted by molar-refractivity contribution is -0.139. The Morgan fingerprint density at radius 2 is 2.09 bits per heavy atom. The summed E-state index contributed by atoms with van der Waals surface area (Å²) in [6.45, 7) is 2.69. The van der Waals surface area contributed by atoms with Crippen molar-refractivity contribution in [1.82, 2.24) is 4.98 Å². The molecule has 23 heavy (non-hydrogen) atoms. The maximum Gasteiger partial charge on any atom is 0.311 e. The summed E-state index contributed by atoms with van der Waals surface area (Å²) in [5.74, 6) is 0.633. The second-order valence-electron chi connectivity index (χ2n) is 5.23. The lowest BCUT2D eigenvalue weighted by Gasteiger charge is -2.10. The molecule has 0 aliphatic rings. The van der Waals surface area contributed by atoms with Gasteiger partial charge in [0, 0.05) is 16.2 Å². The first-order valence-electron chi connectivity index (χ1n) is 7.48. The Morgan fingerprint density at radius 3 is 2.78 bits per heavy atom. The van der Waals surface area contributed by atoms with Crippen LogP contribution >= 0.6 is 15.9 Å². The van der Waals surface area contributed by atoms with Gasteiger partial charge in [0.25, 0.3) is 0 Å². The highest BCUT2D eigenvalue weighted by Crippen LogP contribution is 2.25. The highest BCUT2D eigenvalue weighted by atomic mass is 79.9. The van der Waals surface area contributed by atoms with Crippen molar-refractivity contribution < 1.29 is 14.3 Å². The van der Waals surface area contributed by atoms with Gasteiger partial charge in [0.2, 0.25) is 0 Å². The van der Waals surface area contributed by atoms with E-state index in [4.69, 9.17) is 4.74 Å². The number of aryl methyl sites for hydroxylation is 1. The van der Waals surface area contributed by atoms with Gasteiger partial charge >= 0.3 is 5.97 Å². The lowest BCUT2D eigenvalue weighted by atomic mass is 10.1. The molecule has 0 radical (unpaired) electrons. The molecular formula is C18H20BrNO3. The third-order valence-corrected chi connectivity index (χ3v) is 4.38. The van der Waals surface area contributed by atoms with Crippen molar-refractivity contribution in [2.75, 3.05) is 13.7 Å². The molecule has 0 bridgehead atoms. The second kappa shape index (κ2) is 8.67. The number of benzene rings is 1. The van der Waals surface area contributed by atoms with E-state index < -0.39 is 0 Å². The molecule has 0 spiro atoms. The van der Waals surface area contributed by atoms with Crippen LogP contribution in [0, 0.1) is 6.92 Å². The zero-order chi connectivity index (χ0) is 16.7. The Bertz CT molecular complexity index is 656. The van der Waals surface area contributed by atoms with Crippen LogP contribution in [0.25, 0.3) is 0 Å². The van der Waals surface area contributed by atoms with Crippen LogP contribution in [-0.4, -0.2) is 24.7 Å². The SMILES string of the molecule is COC(=O)Cc1ccc(CCCOc2cccc(Br)c2C)cn1. The number of rotatable bonds is 7. The normalized spacial score (nSPS) is 10.4. The van der Waals surface area contributed by atoms with Crippen molar-refractivity contribution in [2.45, 2.75) is 26.2 Å². The van der Waals surface area contributed by atoms with E-state index in [1.54, 1.807) is 0 Å². The van der Waals surface area contributed by atoms with Crippen molar-refractivity contribution in [1.29, 1.82) is 0 Å². The summed E-state index contributed by atoms with van der Waals surface area (Å²) in [5.41, 5.74) is 2.97. The molecule has 0 aliphatic heterocycles. The average molecular weight is 378 g/mol. The largest absolute Gasteiger partial charge is 0.493 e. The van der Waals surface area contributed by atoms with Crippen LogP contribution in [0.1, 0.15) is 23.2 Å². The van der Waals surface area contributed by atoms with E-state index in [0.29, 0.717) is 6.61 Å². The Hall–Kier alpha value is -1.88. The van der Waals surface area contributed by atoms with Gasteiger partial charge in [0.1, 0.15) is 5.75 Å². The molecule has 0 aliphatic carbocycles. The van der Waals surface area contributed by atoms with Gasteiger partial charge in [-0.2, -0.15) is 0 Å². The van der Waals surface area contributed by atoms with Crippen LogP contribution in [0.2, 0.25) is 0 Å². The number of hydrogen-bond donors (Lipinski definition) is 0. The van der Waals surface area contributed by atoms with Crippen molar-refractivity contribution in [3.8, 4) is 5.75 Å². The highest BCUT2D eigenvalue weighted by Gasteiger charge is 2.05. The Labute approximate surface area is 145 Å². The van der Waals surface area contributed by atoms with Crippen LogP contribution in [0.4, 0.5) is 0 Å². The molecule has 0 fully saturated rings. The van der Waals surface area contributed by atoms with Crippen molar-refractivity contribution in [2.24, 2.45) is 0 Å².